The molecule has 0 saturated heterocycles. The highest BCUT2D eigenvalue weighted by Crippen LogP contribution is 1.95. The van der Waals surface area contributed by atoms with Gasteiger partial charge in [-0.15, -0.1) is 0 Å². The molecule has 0 aliphatic rings. The molecule has 0 saturated carbocycles. The Hall–Kier alpha value is -1.10. The van der Waals surface area contributed by atoms with Gasteiger partial charge >= 0.3 is 0 Å². The predicted octanol–water partition coefficient (Wildman–Crippen LogP) is -0.0310. The molecule has 0 aliphatic carbocycles. The normalized spacial score (nSPS) is 10.3. The minimum Gasteiger partial charge on any atom is -0.358 e. The molecule has 5 heteroatoms. The third kappa shape index (κ3) is 7.23. The molecule has 0 fully saturated rings. The third-order valence-electron chi connectivity index (χ3n) is 2.21. The molecular weight excluding hydrogens is 206 g/mol. The summed E-state index contributed by atoms with van der Waals surface area (Å²) in [5, 5.41) is 5.73. The predicted molar refractivity (Wildman–Crippen MR) is 64.1 cm³/mol. The molecule has 0 bridgehead atoms. The molecule has 2 amide bonds. The zero-order chi connectivity index (χ0) is 12.6. The van der Waals surface area contributed by atoms with Crippen LogP contribution in [-0.2, 0) is 9.59 Å². The highest BCUT2D eigenvalue weighted by Gasteiger charge is 2.11. The van der Waals surface area contributed by atoms with E-state index in [1.165, 1.54) is 4.90 Å². The fourth-order valence-corrected chi connectivity index (χ4v) is 1.20. The summed E-state index contributed by atoms with van der Waals surface area (Å²) in [5.74, 6) is -0.134. The summed E-state index contributed by atoms with van der Waals surface area (Å²) in [6.07, 6.45) is 1.28. The van der Waals surface area contributed by atoms with Crippen LogP contribution in [0.4, 0.5) is 0 Å². The van der Waals surface area contributed by atoms with Crippen molar-refractivity contribution in [2.75, 3.05) is 27.2 Å². The number of hydrogen-bond acceptors (Lipinski definition) is 3. The van der Waals surface area contributed by atoms with Gasteiger partial charge in [-0.2, -0.15) is 0 Å². The highest BCUT2D eigenvalue weighted by atomic mass is 16.2. The van der Waals surface area contributed by atoms with E-state index in [4.69, 9.17) is 0 Å². The van der Waals surface area contributed by atoms with Gasteiger partial charge in [-0.1, -0.05) is 13.8 Å². The first-order valence-corrected chi connectivity index (χ1v) is 5.65. The van der Waals surface area contributed by atoms with Crippen LogP contribution in [0.25, 0.3) is 0 Å². The van der Waals surface area contributed by atoms with Gasteiger partial charge in [0.15, 0.2) is 0 Å². The topological polar surface area (TPSA) is 61.4 Å². The number of hydrogen-bond donors (Lipinski definition) is 2. The minimum atomic E-state index is -0.142. The number of rotatable bonds is 7. The number of carbonyl (C=O) groups is 2. The van der Waals surface area contributed by atoms with E-state index in [9.17, 15) is 9.59 Å². The van der Waals surface area contributed by atoms with Crippen molar-refractivity contribution in [3.8, 4) is 0 Å². The van der Waals surface area contributed by atoms with Crippen LogP contribution < -0.4 is 10.6 Å². The van der Waals surface area contributed by atoms with Gasteiger partial charge in [0.05, 0.1) is 6.54 Å². The molecule has 0 aromatic heterocycles. The van der Waals surface area contributed by atoms with Gasteiger partial charge in [-0.05, 0) is 13.0 Å². The van der Waals surface area contributed by atoms with E-state index < -0.39 is 0 Å². The Kier molecular flexibility index (Phi) is 7.54. The number of nitrogens with zero attached hydrogens (tertiary/aromatic N) is 1. The fraction of sp³-hybridized carbons (Fsp3) is 0.818. The fourth-order valence-electron chi connectivity index (χ4n) is 1.20. The van der Waals surface area contributed by atoms with Crippen molar-refractivity contribution < 1.29 is 9.59 Å². The quantitative estimate of drug-likeness (QED) is 0.603. The third-order valence-corrected chi connectivity index (χ3v) is 2.21. The SMILES string of the molecule is CNC(=O)CN(C)C(=O)CCCNC(C)C. The highest BCUT2D eigenvalue weighted by molar-refractivity contribution is 5.84. The van der Waals surface area contributed by atoms with Gasteiger partial charge in [0.1, 0.15) is 0 Å². The van der Waals surface area contributed by atoms with E-state index in [2.05, 4.69) is 24.5 Å². The first-order chi connectivity index (χ1) is 7.47. The standard InChI is InChI=1S/C11H23N3O2/c1-9(2)13-7-5-6-11(16)14(4)8-10(15)12-3/h9,13H,5-8H2,1-4H3,(H,12,15). The van der Waals surface area contributed by atoms with Crippen LogP contribution in [0.15, 0.2) is 0 Å². The molecule has 0 spiro atoms. The Morgan fingerprint density at radius 2 is 1.94 bits per heavy atom. The summed E-state index contributed by atoms with van der Waals surface area (Å²) in [4.78, 5) is 24.0. The lowest BCUT2D eigenvalue weighted by atomic mass is 10.2. The summed E-state index contributed by atoms with van der Waals surface area (Å²) in [7, 11) is 3.21. The van der Waals surface area contributed by atoms with E-state index in [1.807, 2.05) is 0 Å². The first kappa shape index (κ1) is 14.9. The Balaban J connectivity index is 3.67. The average Bonchev–Trinajstić information content (AvgIpc) is 2.23. The number of amides is 2. The van der Waals surface area contributed by atoms with Crippen LogP contribution in [0.5, 0.6) is 0 Å². The molecule has 0 aliphatic heterocycles. The maximum Gasteiger partial charge on any atom is 0.239 e. The van der Waals surface area contributed by atoms with Crippen LogP contribution >= 0.6 is 0 Å². The summed E-state index contributed by atoms with van der Waals surface area (Å²) in [6.45, 7) is 5.10. The Bertz CT molecular complexity index is 229. The van der Waals surface area contributed by atoms with Crippen molar-refractivity contribution in [2.45, 2.75) is 32.7 Å². The van der Waals surface area contributed by atoms with Crippen LogP contribution in [-0.4, -0.2) is 49.9 Å². The summed E-state index contributed by atoms with van der Waals surface area (Å²) < 4.78 is 0. The zero-order valence-electron chi connectivity index (χ0n) is 10.7. The molecule has 0 rings (SSSR count). The van der Waals surface area contributed by atoms with Crippen LogP contribution in [0.3, 0.4) is 0 Å². The molecule has 0 aromatic carbocycles. The van der Waals surface area contributed by atoms with E-state index in [0.29, 0.717) is 12.5 Å². The van der Waals surface area contributed by atoms with Gasteiger partial charge in [0.25, 0.3) is 0 Å². The van der Waals surface area contributed by atoms with Crippen LogP contribution in [0.2, 0.25) is 0 Å². The zero-order valence-corrected chi connectivity index (χ0v) is 10.7. The number of carbonyl (C=O) groups excluding carboxylic acids is 2. The second-order valence-electron chi connectivity index (χ2n) is 4.14. The van der Waals surface area contributed by atoms with Crippen molar-refractivity contribution in [1.82, 2.24) is 15.5 Å². The van der Waals surface area contributed by atoms with Crippen molar-refractivity contribution in [2.24, 2.45) is 0 Å². The number of nitrogens with one attached hydrogen (secondary N) is 2. The molecule has 0 atom stereocenters. The molecular formula is C11H23N3O2. The van der Waals surface area contributed by atoms with Crippen molar-refractivity contribution >= 4 is 11.8 Å². The smallest absolute Gasteiger partial charge is 0.239 e. The van der Waals surface area contributed by atoms with E-state index in [0.717, 1.165) is 13.0 Å². The lowest BCUT2D eigenvalue weighted by Crippen LogP contribution is -2.37. The van der Waals surface area contributed by atoms with Gasteiger partial charge in [-0.3, -0.25) is 9.59 Å². The van der Waals surface area contributed by atoms with Crippen LogP contribution in [0, 0.1) is 0 Å². The molecule has 16 heavy (non-hydrogen) atoms. The van der Waals surface area contributed by atoms with E-state index >= 15 is 0 Å². The van der Waals surface area contributed by atoms with Crippen molar-refractivity contribution in [3.63, 3.8) is 0 Å². The summed E-state index contributed by atoms with van der Waals surface area (Å²) >= 11 is 0. The molecule has 5 nitrogen and oxygen atoms in total. The average molecular weight is 229 g/mol. The van der Waals surface area contributed by atoms with Crippen LogP contribution in [0.1, 0.15) is 26.7 Å². The van der Waals surface area contributed by atoms with Crippen molar-refractivity contribution in [1.29, 1.82) is 0 Å². The number of likely N-dealkylation sites (N-methyl/N-ethyl adjacent to an activating group) is 2. The Labute approximate surface area is 97.6 Å². The lowest BCUT2D eigenvalue weighted by Gasteiger charge is -2.16. The second-order valence-corrected chi connectivity index (χ2v) is 4.14. The molecule has 0 heterocycles. The van der Waals surface area contributed by atoms with Gasteiger partial charge in [0, 0.05) is 26.6 Å². The van der Waals surface area contributed by atoms with Gasteiger partial charge < -0.3 is 15.5 Å². The van der Waals surface area contributed by atoms with E-state index in [1.54, 1.807) is 14.1 Å². The summed E-state index contributed by atoms with van der Waals surface area (Å²) in [6, 6.07) is 0.443. The maximum absolute atomic E-state index is 11.6. The minimum absolute atomic E-state index is 0.00848. The molecule has 2 N–H and O–H groups in total. The molecule has 0 radical (unpaired) electrons. The van der Waals surface area contributed by atoms with E-state index in [-0.39, 0.29) is 18.4 Å². The monoisotopic (exact) mass is 229 g/mol. The van der Waals surface area contributed by atoms with Gasteiger partial charge in [-0.25, -0.2) is 0 Å². The summed E-state index contributed by atoms with van der Waals surface area (Å²) in [5.41, 5.74) is 0. The Morgan fingerprint density at radius 3 is 2.44 bits per heavy atom. The second kappa shape index (κ2) is 8.10. The lowest BCUT2D eigenvalue weighted by molar-refractivity contribution is -0.134. The first-order valence-electron chi connectivity index (χ1n) is 5.65. The Morgan fingerprint density at radius 1 is 1.31 bits per heavy atom. The van der Waals surface area contributed by atoms with Gasteiger partial charge in [0.2, 0.25) is 11.8 Å². The molecule has 94 valence electrons. The largest absolute Gasteiger partial charge is 0.358 e. The maximum atomic E-state index is 11.6. The molecule has 0 aromatic rings. The van der Waals surface area contributed by atoms with Crippen molar-refractivity contribution in [3.05, 3.63) is 0 Å². The molecule has 0 unspecified atom stereocenters.